The van der Waals surface area contributed by atoms with Gasteiger partial charge in [0.15, 0.2) is 0 Å². The third kappa shape index (κ3) is 3.62. The Balaban J connectivity index is 1.69. The quantitative estimate of drug-likeness (QED) is 0.514. The van der Waals surface area contributed by atoms with Gasteiger partial charge in [-0.1, -0.05) is 19.1 Å². The van der Waals surface area contributed by atoms with Crippen molar-refractivity contribution < 1.29 is 4.79 Å². The highest BCUT2D eigenvalue weighted by molar-refractivity contribution is 7.14. The number of nitrogens with zero attached hydrogens (tertiary/aromatic N) is 1. The average Bonchev–Trinajstić information content (AvgIpc) is 2.96. The summed E-state index contributed by atoms with van der Waals surface area (Å²) >= 11 is 1.60. The molecule has 0 bridgehead atoms. The number of anilines is 1. The number of aryl methyl sites for hydroxylation is 1. The maximum atomic E-state index is 12.3. The Kier molecular flexibility index (Phi) is 4.48. The fourth-order valence-electron chi connectivity index (χ4n) is 2.80. The van der Waals surface area contributed by atoms with Gasteiger partial charge in [-0.05, 0) is 61.4 Å². The van der Waals surface area contributed by atoms with Crippen LogP contribution < -0.4 is 11.2 Å². The molecule has 3 rings (SSSR count). The number of amides is 1. The van der Waals surface area contributed by atoms with Gasteiger partial charge in [0.05, 0.1) is 10.6 Å². The molecule has 4 nitrogen and oxygen atoms in total. The Morgan fingerprint density at radius 3 is 2.83 bits per heavy atom. The zero-order valence-corrected chi connectivity index (χ0v) is 14.2. The zero-order valence-electron chi connectivity index (χ0n) is 13.4. The van der Waals surface area contributed by atoms with Gasteiger partial charge >= 0.3 is 0 Å². The lowest BCUT2D eigenvalue weighted by atomic mass is 9.90. The molecule has 0 spiro atoms. The number of nitrogens with two attached hydrogens (primary N) is 1. The Hall–Kier alpha value is -2.14. The van der Waals surface area contributed by atoms with E-state index in [0.717, 1.165) is 29.0 Å². The van der Waals surface area contributed by atoms with Gasteiger partial charge in [-0.25, -0.2) is 5.43 Å². The van der Waals surface area contributed by atoms with Crippen LogP contribution in [0.2, 0.25) is 0 Å². The molecule has 1 aromatic carbocycles. The Morgan fingerprint density at radius 2 is 2.09 bits per heavy atom. The first-order valence-electron chi connectivity index (χ1n) is 7.85. The first-order valence-corrected chi connectivity index (χ1v) is 8.66. The van der Waals surface area contributed by atoms with Crippen LogP contribution in [0.3, 0.4) is 0 Å². The number of hydrogen-bond donors (Lipinski definition) is 2. The second-order valence-electron chi connectivity index (χ2n) is 6.17. The van der Waals surface area contributed by atoms with Crippen LogP contribution in [-0.2, 0) is 12.8 Å². The number of rotatable bonds is 3. The first kappa shape index (κ1) is 15.7. The summed E-state index contributed by atoms with van der Waals surface area (Å²) in [7, 11) is 0. The minimum Gasteiger partial charge on any atom is -0.399 e. The Labute approximate surface area is 140 Å². The zero-order chi connectivity index (χ0) is 16.4. The number of hydrogen-bond acceptors (Lipinski definition) is 4. The lowest BCUT2D eigenvalue weighted by Crippen LogP contribution is -2.18. The van der Waals surface area contributed by atoms with Gasteiger partial charge in [0, 0.05) is 10.6 Å². The van der Waals surface area contributed by atoms with Crippen molar-refractivity contribution >= 4 is 28.6 Å². The van der Waals surface area contributed by atoms with E-state index >= 15 is 0 Å². The van der Waals surface area contributed by atoms with Crippen molar-refractivity contribution in [2.24, 2.45) is 11.0 Å². The van der Waals surface area contributed by atoms with Gasteiger partial charge in [-0.15, -0.1) is 11.3 Å². The van der Waals surface area contributed by atoms with E-state index in [1.165, 1.54) is 16.9 Å². The molecule has 1 amide bonds. The van der Waals surface area contributed by atoms with Crippen LogP contribution in [0.5, 0.6) is 0 Å². The van der Waals surface area contributed by atoms with Crippen molar-refractivity contribution in [2.75, 3.05) is 5.73 Å². The third-order valence-electron chi connectivity index (χ3n) is 4.21. The number of carbonyl (C=O) groups excluding carboxylic acids is 1. The molecule has 1 heterocycles. The lowest BCUT2D eigenvalue weighted by molar-refractivity contribution is 0.0959. The molecule has 0 saturated heterocycles. The van der Waals surface area contributed by atoms with Crippen molar-refractivity contribution in [1.29, 1.82) is 0 Å². The third-order valence-corrected chi connectivity index (χ3v) is 5.44. The predicted octanol–water partition coefficient (Wildman–Crippen LogP) is 3.61. The molecule has 120 valence electrons. The number of nitrogens with one attached hydrogen (secondary N) is 1. The second-order valence-corrected chi connectivity index (χ2v) is 7.30. The molecule has 0 saturated carbocycles. The average molecular weight is 327 g/mol. The minimum absolute atomic E-state index is 0.133. The van der Waals surface area contributed by atoms with Crippen LogP contribution in [0.15, 0.2) is 35.4 Å². The van der Waals surface area contributed by atoms with E-state index in [-0.39, 0.29) is 5.91 Å². The van der Waals surface area contributed by atoms with Crippen LogP contribution >= 0.6 is 11.3 Å². The van der Waals surface area contributed by atoms with E-state index in [2.05, 4.69) is 17.5 Å². The van der Waals surface area contributed by atoms with E-state index in [1.807, 2.05) is 37.3 Å². The summed E-state index contributed by atoms with van der Waals surface area (Å²) in [5.41, 5.74) is 12.1. The Bertz CT molecular complexity index is 746. The van der Waals surface area contributed by atoms with Gasteiger partial charge in [-0.3, -0.25) is 4.79 Å². The first-order chi connectivity index (χ1) is 11.0. The van der Waals surface area contributed by atoms with Crippen LogP contribution in [0.1, 0.15) is 45.9 Å². The van der Waals surface area contributed by atoms with Crippen molar-refractivity contribution in [2.45, 2.75) is 33.1 Å². The predicted molar refractivity (Wildman–Crippen MR) is 96.0 cm³/mol. The summed E-state index contributed by atoms with van der Waals surface area (Å²) in [5.74, 6) is 0.575. The Morgan fingerprint density at radius 1 is 1.35 bits per heavy atom. The SMILES string of the molecule is C/C(=N/NC(=O)c1cc2c(s1)CC[C@@H](C)C2)c1ccc(N)cc1. The molecule has 2 aromatic rings. The van der Waals surface area contributed by atoms with Gasteiger partial charge in [0.25, 0.3) is 5.91 Å². The molecule has 0 fully saturated rings. The van der Waals surface area contributed by atoms with Crippen molar-refractivity contribution in [1.82, 2.24) is 5.43 Å². The molecule has 23 heavy (non-hydrogen) atoms. The number of nitrogen functional groups attached to an aromatic ring is 1. The molecule has 0 radical (unpaired) electrons. The smallest absolute Gasteiger partial charge is 0.281 e. The van der Waals surface area contributed by atoms with Gasteiger partial charge in [0.1, 0.15) is 0 Å². The number of thiophene rings is 1. The summed E-state index contributed by atoms with van der Waals surface area (Å²) < 4.78 is 0. The molecular formula is C18H21N3OS. The van der Waals surface area contributed by atoms with Crippen molar-refractivity contribution in [3.05, 3.63) is 51.2 Å². The normalized spacial score (nSPS) is 17.7. The highest BCUT2D eigenvalue weighted by Gasteiger charge is 2.20. The summed E-state index contributed by atoms with van der Waals surface area (Å²) in [6.07, 6.45) is 3.37. The maximum Gasteiger partial charge on any atom is 0.281 e. The number of benzene rings is 1. The summed E-state index contributed by atoms with van der Waals surface area (Å²) in [5, 5.41) is 4.20. The van der Waals surface area contributed by atoms with Crippen LogP contribution in [-0.4, -0.2) is 11.6 Å². The highest BCUT2D eigenvalue weighted by Crippen LogP contribution is 2.32. The second kappa shape index (κ2) is 6.54. The van der Waals surface area contributed by atoms with E-state index in [4.69, 9.17) is 5.73 Å². The van der Waals surface area contributed by atoms with Crippen LogP contribution in [0.4, 0.5) is 5.69 Å². The maximum absolute atomic E-state index is 12.3. The fraction of sp³-hybridized carbons (Fsp3) is 0.333. The van der Waals surface area contributed by atoms with E-state index in [0.29, 0.717) is 11.6 Å². The van der Waals surface area contributed by atoms with Gasteiger partial charge in [-0.2, -0.15) is 5.10 Å². The molecule has 5 heteroatoms. The van der Waals surface area contributed by atoms with Crippen molar-refractivity contribution in [3.63, 3.8) is 0 Å². The molecule has 1 aliphatic rings. The standard InChI is InChI=1S/C18H21N3OS/c1-11-3-8-16-14(9-11)10-17(23-16)18(22)21-20-12(2)13-4-6-15(19)7-5-13/h4-7,10-11H,3,8-9,19H2,1-2H3,(H,21,22)/b20-12-/t11-/m1/s1. The van der Waals surface area contributed by atoms with E-state index in [1.54, 1.807) is 11.3 Å². The highest BCUT2D eigenvalue weighted by atomic mass is 32.1. The van der Waals surface area contributed by atoms with Crippen LogP contribution in [0.25, 0.3) is 0 Å². The molecular weight excluding hydrogens is 306 g/mol. The summed E-state index contributed by atoms with van der Waals surface area (Å²) in [6.45, 7) is 4.13. The monoisotopic (exact) mass is 327 g/mol. The fourth-order valence-corrected chi connectivity index (χ4v) is 3.89. The summed E-state index contributed by atoms with van der Waals surface area (Å²) in [6, 6.07) is 9.46. The van der Waals surface area contributed by atoms with Gasteiger partial charge < -0.3 is 5.73 Å². The molecule has 0 aliphatic heterocycles. The largest absolute Gasteiger partial charge is 0.399 e. The van der Waals surface area contributed by atoms with Crippen LogP contribution in [0, 0.1) is 5.92 Å². The summed E-state index contributed by atoms with van der Waals surface area (Å²) in [4.78, 5) is 14.4. The lowest BCUT2D eigenvalue weighted by Gasteiger charge is -2.16. The molecule has 0 unspecified atom stereocenters. The minimum atomic E-state index is -0.133. The number of hydrazone groups is 1. The van der Waals surface area contributed by atoms with Gasteiger partial charge in [0.2, 0.25) is 0 Å². The molecule has 1 atom stereocenters. The van der Waals surface area contributed by atoms with Crippen molar-refractivity contribution in [3.8, 4) is 0 Å². The molecule has 1 aliphatic carbocycles. The van der Waals surface area contributed by atoms with E-state index in [9.17, 15) is 4.79 Å². The molecule has 3 N–H and O–H groups in total. The van der Waals surface area contributed by atoms with E-state index < -0.39 is 0 Å². The topological polar surface area (TPSA) is 67.5 Å². The number of carbonyl (C=O) groups is 1. The molecule has 1 aromatic heterocycles. The number of fused-ring (bicyclic) bond motifs is 1.